The highest BCUT2D eigenvalue weighted by Crippen LogP contribution is 2.54. The van der Waals surface area contributed by atoms with Gasteiger partial charge in [-0.25, -0.2) is 4.79 Å². The van der Waals surface area contributed by atoms with Gasteiger partial charge in [0.15, 0.2) is 0 Å². The zero-order valence-corrected chi connectivity index (χ0v) is 28.7. The molecular weight excluding hydrogens is 612 g/mol. The first-order valence-electron chi connectivity index (χ1n) is 17.7. The maximum absolute atomic E-state index is 12.5. The number of hydrogen-bond acceptors (Lipinski definition) is 6. The van der Waals surface area contributed by atoms with Gasteiger partial charge >= 0.3 is 12.1 Å². The van der Waals surface area contributed by atoms with Crippen LogP contribution < -0.4 is 10.1 Å². The molecule has 1 aliphatic heterocycles. The normalized spacial score (nSPS) is 18.7. The number of rotatable bonds is 16. The third-order valence-corrected chi connectivity index (χ3v) is 9.75. The fraction of sp³-hybridized carbons (Fsp3) is 0.381. The number of aryl methyl sites for hydroxylation is 2. The number of carbonyl (C=O) groups is 2. The van der Waals surface area contributed by atoms with E-state index in [1.54, 1.807) is 0 Å². The quantitative estimate of drug-likeness (QED) is 0.0970. The Kier molecular flexibility index (Phi) is 11.6. The van der Waals surface area contributed by atoms with Crippen LogP contribution in [0.1, 0.15) is 48.4 Å². The van der Waals surface area contributed by atoms with Crippen molar-refractivity contribution in [3.63, 3.8) is 0 Å². The molecule has 6 rings (SSSR count). The molecule has 1 heterocycles. The van der Waals surface area contributed by atoms with Gasteiger partial charge in [0, 0.05) is 44.1 Å². The topological polar surface area (TPSA) is 77.1 Å². The number of ether oxygens (including phenoxy) is 3. The van der Waals surface area contributed by atoms with Crippen molar-refractivity contribution in [2.75, 3.05) is 26.2 Å². The first kappa shape index (κ1) is 34.3. The lowest BCUT2D eigenvalue weighted by molar-refractivity contribution is -0.143. The summed E-state index contributed by atoms with van der Waals surface area (Å²) in [5.74, 6) is 2.32. The maximum Gasteiger partial charge on any atom is 0.407 e. The average molecular weight is 661 g/mol. The number of esters is 1. The highest BCUT2D eigenvalue weighted by molar-refractivity contribution is 5.73. The van der Waals surface area contributed by atoms with Crippen molar-refractivity contribution >= 4 is 12.1 Å². The van der Waals surface area contributed by atoms with Crippen LogP contribution in [0.25, 0.3) is 11.1 Å². The number of piperidine rings is 1. The number of carbonyl (C=O) groups excluding carboxylic acids is 2. The smallest absolute Gasteiger partial charge is 0.407 e. The molecule has 1 saturated heterocycles. The second-order valence-corrected chi connectivity index (χ2v) is 13.5. The van der Waals surface area contributed by atoms with Gasteiger partial charge in [0.05, 0.1) is 6.61 Å². The number of alkyl carbamates (subject to hydrolysis) is 1. The largest absolute Gasteiger partial charge is 0.488 e. The first-order valence-corrected chi connectivity index (χ1v) is 17.7. The molecule has 49 heavy (non-hydrogen) atoms. The molecule has 1 aliphatic carbocycles. The van der Waals surface area contributed by atoms with E-state index < -0.39 is 0 Å². The summed E-state index contributed by atoms with van der Waals surface area (Å²) in [5, 5.41) is 2.86. The maximum atomic E-state index is 12.5. The minimum Gasteiger partial charge on any atom is -0.488 e. The Bertz CT molecular complexity index is 1670. The zero-order valence-electron chi connectivity index (χ0n) is 28.7. The summed E-state index contributed by atoms with van der Waals surface area (Å²) in [6.07, 6.45) is 1.86. The first-order chi connectivity index (χ1) is 23.9. The predicted molar refractivity (Wildman–Crippen MR) is 192 cm³/mol. The van der Waals surface area contributed by atoms with Crippen LogP contribution >= 0.6 is 0 Å². The van der Waals surface area contributed by atoms with E-state index in [9.17, 15) is 9.59 Å². The minimum absolute atomic E-state index is 0.0812. The lowest BCUT2D eigenvalue weighted by Crippen LogP contribution is -2.32. The van der Waals surface area contributed by atoms with Crippen LogP contribution in [0.3, 0.4) is 0 Å². The number of unbranched alkanes of at least 4 members (excludes halogenated alkanes) is 1. The average Bonchev–Trinajstić information content (AvgIpc) is 3.64. The summed E-state index contributed by atoms with van der Waals surface area (Å²) in [6.45, 7) is 8.55. The summed E-state index contributed by atoms with van der Waals surface area (Å²) >= 11 is 0. The molecule has 4 aromatic carbocycles. The number of nitrogens with one attached hydrogen (secondary N) is 1. The highest BCUT2D eigenvalue weighted by Gasteiger charge is 2.58. The second-order valence-electron chi connectivity index (χ2n) is 13.5. The molecule has 256 valence electrons. The summed E-state index contributed by atoms with van der Waals surface area (Å²) < 4.78 is 17.4. The number of likely N-dealkylation sites (tertiary alicyclic amines) is 1. The lowest BCUT2D eigenvalue weighted by atomic mass is 9.99. The van der Waals surface area contributed by atoms with Crippen molar-refractivity contribution in [1.82, 2.24) is 10.2 Å². The fourth-order valence-corrected chi connectivity index (χ4v) is 7.16. The van der Waals surface area contributed by atoms with E-state index in [-0.39, 0.29) is 18.2 Å². The van der Waals surface area contributed by atoms with Gasteiger partial charge in [-0.1, -0.05) is 96.6 Å². The number of nitrogens with zero attached hydrogens (tertiary/aromatic N) is 1. The van der Waals surface area contributed by atoms with Crippen LogP contribution in [-0.4, -0.2) is 49.3 Å². The second kappa shape index (κ2) is 16.7. The number of benzene rings is 4. The Morgan fingerprint density at radius 1 is 0.837 bits per heavy atom. The molecular formula is C42H48N2O5. The highest BCUT2D eigenvalue weighted by atomic mass is 16.6. The van der Waals surface area contributed by atoms with E-state index in [2.05, 4.69) is 83.9 Å². The standard InChI is InChI=1S/C42H48N2O5/c1-30-18-20-39(48-29-34-14-7-4-8-15-34)36(24-30)35-17-11-16-32(25-35)19-21-40(45)47-23-10-9-22-43-42(46)49-31(2)41-37-27-44(28-38(37)41)26-33-12-5-3-6-13-33/h3-8,11-18,20,24-25,31,37-38,41H,9-10,19,21-23,26-29H2,1-2H3,(H,43,46). The molecule has 4 aromatic rings. The van der Waals surface area contributed by atoms with E-state index in [4.69, 9.17) is 14.2 Å². The van der Waals surface area contributed by atoms with Gasteiger partial charge in [-0.15, -0.1) is 0 Å². The third kappa shape index (κ3) is 9.73. The molecule has 2 aliphatic rings. The van der Waals surface area contributed by atoms with Crippen LogP contribution in [-0.2, 0) is 33.8 Å². The van der Waals surface area contributed by atoms with Gasteiger partial charge in [-0.3, -0.25) is 9.69 Å². The Labute approximate surface area is 290 Å². The lowest BCUT2D eigenvalue weighted by Gasteiger charge is -2.22. The zero-order chi connectivity index (χ0) is 34.0. The van der Waals surface area contributed by atoms with Crippen LogP contribution in [0.2, 0.25) is 0 Å². The van der Waals surface area contributed by atoms with Crippen LogP contribution in [0, 0.1) is 24.7 Å². The summed E-state index contributed by atoms with van der Waals surface area (Å²) in [6, 6.07) is 35.2. The SMILES string of the molecule is Cc1ccc(OCc2ccccc2)c(-c2cccc(CCC(=O)OCCCCNC(=O)OC(C)C3C4CN(Cc5ccccc5)CC43)c2)c1. The van der Waals surface area contributed by atoms with Gasteiger partial charge in [-0.05, 0) is 79.3 Å². The van der Waals surface area contributed by atoms with Crippen molar-refractivity contribution in [3.8, 4) is 16.9 Å². The Hall–Kier alpha value is -4.62. The van der Waals surface area contributed by atoms with Gasteiger partial charge in [0.25, 0.3) is 0 Å². The Morgan fingerprint density at radius 2 is 1.55 bits per heavy atom. The number of amides is 1. The summed E-state index contributed by atoms with van der Waals surface area (Å²) in [4.78, 5) is 27.4. The van der Waals surface area contributed by atoms with Crippen molar-refractivity contribution < 1.29 is 23.8 Å². The third-order valence-electron chi connectivity index (χ3n) is 9.75. The fourth-order valence-electron chi connectivity index (χ4n) is 7.16. The molecule has 0 bridgehead atoms. The van der Waals surface area contributed by atoms with Crippen molar-refractivity contribution in [3.05, 3.63) is 125 Å². The minimum atomic E-state index is -0.363. The molecule has 2 fully saturated rings. The van der Waals surface area contributed by atoms with E-state index in [1.807, 2.05) is 43.3 Å². The molecule has 1 N–H and O–H groups in total. The van der Waals surface area contributed by atoms with Gasteiger partial charge in [0.1, 0.15) is 18.5 Å². The van der Waals surface area contributed by atoms with Crippen LogP contribution in [0.15, 0.2) is 103 Å². The summed E-state index contributed by atoms with van der Waals surface area (Å²) in [5.41, 5.74) is 6.79. The monoisotopic (exact) mass is 660 g/mol. The Morgan fingerprint density at radius 3 is 2.31 bits per heavy atom. The van der Waals surface area contributed by atoms with Gasteiger partial charge in [-0.2, -0.15) is 0 Å². The van der Waals surface area contributed by atoms with Crippen molar-refractivity contribution in [1.29, 1.82) is 0 Å². The van der Waals surface area contributed by atoms with Crippen molar-refractivity contribution in [2.24, 2.45) is 17.8 Å². The molecule has 0 radical (unpaired) electrons. The molecule has 0 spiro atoms. The molecule has 7 nitrogen and oxygen atoms in total. The van der Waals surface area contributed by atoms with Crippen LogP contribution in [0.4, 0.5) is 4.79 Å². The summed E-state index contributed by atoms with van der Waals surface area (Å²) in [7, 11) is 0. The Balaban J connectivity index is 0.845. The van der Waals surface area contributed by atoms with Gasteiger partial charge < -0.3 is 19.5 Å². The molecule has 0 aromatic heterocycles. The van der Waals surface area contributed by atoms with E-state index in [0.29, 0.717) is 63.2 Å². The van der Waals surface area contributed by atoms with Crippen molar-refractivity contribution in [2.45, 2.75) is 58.8 Å². The molecule has 3 unspecified atom stereocenters. The molecule has 1 amide bonds. The molecule has 7 heteroatoms. The van der Waals surface area contributed by atoms with E-state index in [0.717, 1.165) is 53.2 Å². The molecule has 1 saturated carbocycles. The predicted octanol–water partition coefficient (Wildman–Crippen LogP) is 7.99. The van der Waals surface area contributed by atoms with Gasteiger partial charge in [0.2, 0.25) is 0 Å². The molecule has 3 atom stereocenters. The van der Waals surface area contributed by atoms with E-state index >= 15 is 0 Å². The number of hydrogen-bond donors (Lipinski definition) is 1. The van der Waals surface area contributed by atoms with Crippen LogP contribution in [0.5, 0.6) is 5.75 Å². The number of fused-ring (bicyclic) bond motifs is 1. The van der Waals surface area contributed by atoms with E-state index in [1.165, 1.54) is 5.56 Å².